The van der Waals surface area contributed by atoms with Gasteiger partial charge < -0.3 is 14.4 Å². The molecule has 156 valence electrons. The van der Waals surface area contributed by atoms with E-state index in [4.69, 9.17) is 9.47 Å². The molecule has 1 aliphatic heterocycles. The van der Waals surface area contributed by atoms with Gasteiger partial charge in [-0.25, -0.2) is 0 Å². The molecule has 0 radical (unpaired) electrons. The van der Waals surface area contributed by atoms with Gasteiger partial charge in [-0.2, -0.15) is 0 Å². The van der Waals surface area contributed by atoms with E-state index >= 15 is 0 Å². The van der Waals surface area contributed by atoms with Crippen LogP contribution in [-0.2, 0) is 16.1 Å². The molecular weight excluding hydrogens is 364 g/mol. The zero-order chi connectivity index (χ0) is 20.3. The van der Waals surface area contributed by atoms with Crippen LogP contribution in [0.3, 0.4) is 0 Å². The van der Waals surface area contributed by atoms with Gasteiger partial charge in [0.25, 0.3) is 0 Å². The predicted octanol–water partition coefficient (Wildman–Crippen LogP) is 4.33. The van der Waals surface area contributed by atoms with Crippen LogP contribution in [0, 0.1) is 0 Å². The van der Waals surface area contributed by atoms with Gasteiger partial charge in [-0.05, 0) is 36.2 Å². The predicted molar refractivity (Wildman–Crippen MR) is 115 cm³/mol. The molecule has 0 unspecified atom stereocenters. The lowest BCUT2D eigenvalue weighted by Gasteiger charge is -2.30. The second-order valence-electron chi connectivity index (χ2n) is 7.44. The number of nitrogens with zero attached hydrogens (tertiary/aromatic N) is 2. The molecule has 0 saturated carbocycles. The van der Waals surface area contributed by atoms with Gasteiger partial charge in [-0.15, -0.1) is 0 Å². The number of hydrogen-bond donors (Lipinski definition) is 0. The molecule has 1 saturated heterocycles. The van der Waals surface area contributed by atoms with E-state index in [1.807, 2.05) is 53.4 Å². The molecule has 0 spiro atoms. The Morgan fingerprint density at radius 2 is 1.83 bits per heavy atom. The lowest BCUT2D eigenvalue weighted by Crippen LogP contribution is -2.42. The first-order chi connectivity index (χ1) is 14.2. The Hall–Kier alpha value is -2.37. The maximum Gasteiger partial charge on any atom is 0.222 e. The molecular formula is C24H32N2O3. The van der Waals surface area contributed by atoms with Crippen molar-refractivity contribution in [2.75, 3.05) is 39.4 Å². The molecule has 5 heteroatoms. The fourth-order valence-electron chi connectivity index (χ4n) is 3.42. The van der Waals surface area contributed by atoms with Gasteiger partial charge in [0.1, 0.15) is 11.5 Å². The molecule has 29 heavy (non-hydrogen) atoms. The van der Waals surface area contributed by atoms with E-state index in [0.29, 0.717) is 13.0 Å². The normalized spacial score (nSPS) is 14.5. The van der Waals surface area contributed by atoms with E-state index in [1.54, 1.807) is 0 Å². The van der Waals surface area contributed by atoms with E-state index in [-0.39, 0.29) is 5.91 Å². The van der Waals surface area contributed by atoms with Crippen LogP contribution in [0.4, 0.5) is 0 Å². The number of benzene rings is 2. The molecule has 2 aromatic carbocycles. The minimum atomic E-state index is 0.231. The van der Waals surface area contributed by atoms with Crippen LogP contribution < -0.4 is 4.74 Å². The smallest absolute Gasteiger partial charge is 0.222 e. The lowest BCUT2D eigenvalue weighted by atomic mass is 10.1. The van der Waals surface area contributed by atoms with E-state index < -0.39 is 0 Å². The lowest BCUT2D eigenvalue weighted by molar-refractivity contribution is -0.132. The van der Waals surface area contributed by atoms with Crippen molar-refractivity contribution >= 4 is 5.91 Å². The fraction of sp³-hybridized carbons (Fsp3) is 0.458. The van der Waals surface area contributed by atoms with Gasteiger partial charge >= 0.3 is 0 Å². The maximum absolute atomic E-state index is 12.8. The molecule has 0 aliphatic carbocycles. The Bertz CT molecular complexity index is 745. The van der Waals surface area contributed by atoms with Crippen molar-refractivity contribution < 1.29 is 14.3 Å². The molecule has 3 rings (SSSR count). The van der Waals surface area contributed by atoms with Crippen molar-refractivity contribution in [1.82, 2.24) is 9.80 Å². The summed E-state index contributed by atoms with van der Waals surface area (Å²) in [5, 5.41) is 0. The van der Waals surface area contributed by atoms with Gasteiger partial charge in [0.2, 0.25) is 5.91 Å². The summed E-state index contributed by atoms with van der Waals surface area (Å²) >= 11 is 0. The molecule has 2 aromatic rings. The second kappa shape index (κ2) is 11.6. The first kappa shape index (κ1) is 21.3. The number of unbranched alkanes of at least 4 members (excludes halogenated alkanes) is 1. The summed E-state index contributed by atoms with van der Waals surface area (Å²) in [6, 6.07) is 17.8. The average Bonchev–Trinajstić information content (AvgIpc) is 2.76. The maximum atomic E-state index is 12.8. The molecule has 1 fully saturated rings. The number of morpholine rings is 1. The van der Waals surface area contributed by atoms with Crippen LogP contribution in [0.15, 0.2) is 54.6 Å². The molecule has 1 heterocycles. The number of amides is 1. The molecule has 1 aliphatic rings. The minimum Gasteiger partial charge on any atom is -0.457 e. The van der Waals surface area contributed by atoms with E-state index in [0.717, 1.165) is 69.3 Å². The van der Waals surface area contributed by atoms with E-state index in [2.05, 4.69) is 17.9 Å². The Labute approximate surface area is 174 Å². The van der Waals surface area contributed by atoms with Gasteiger partial charge in [0, 0.05) is 39.1 Å². The highest BCUT2D eigenvalue weighted by atomic mass is 16.5. The zero-order valence-corrected chi connectivity index (χ0v) is 17.4. The number of ether oxygens (including phenoxy) is 2. The second-order valence-corrected chi connectivity index (χ2v) is 7.44. The number of hydrogen-bond acceptors (Lipinski definition) is 4. The Morgan fingerprint density at radius 3 is 2.59 bits per heavy atom. The summed E-state index contributed by atoms with van der Waals surface area (Å²) in [6.07, 6.45) is 2.58. The topological polar surface area (TPSA) is 42.0 Å². The third-order valence-electron chi connectivity index (χ3n) is 5.14. The number of carbonyl (C=O) groups excluding carboxylic acids is 1. The summed E-state index contributed by atoms with van der Waals surface area (Å²) in [6.45, 7) is 7.81. The number of carbonyl (C=O) groups is 1. The molecule has 0 N–H and O–H groups in total. The van der Waals surface area contributed by atoms with Gasteiger partial charge in [0.15, 0.2) is 0 Å². The van der Waals surface area contributed by atoms with Crippen LogP contribution in [0.25, 0.3) is 0 Å². The Balaban J connectivity index is 1.63. The van der Waals surface area contributed by atoms with Crippen molar-refractivity contribution in [2.45, 2.75) is 32.7 Å². The molecule has 0 bridgehead atoms. The highest BCUT2D eigenvalue weighted by Gasteiger charge is 2.17. The summed E-state index contributed by atoms with van der Waals surface area (Å²) in [5.41, 5.74) is 1.09. The van der Waals surface area contributed by atoms with Crippen molar-refractivity contribution in [3.63, 3.8) is 0 Å². The highest BCUT2D eigenvalue weighted by Crippen LogP contribution is 2.22. The molecule has 0 aromatic heterocycles. The van der Waals surface area contributed by atoms with Crippen LogP contribution in [-0.4, -0.2) is 55.1 Å². The molecule has 5 nitrogen and oxygen atoms in total. The molecule has 0 atom stereocenters. The first-order valence-corrected chi connectivity index (χ1v) is 10.6. The van der Waals surface area contributed by atoms with Crippen LogP contribution in [0.2, 0.25) is 0 Å². The van der Waals surface area contributed by atoms with E-state index in [9.17, 15) is 4.79 Å². The average molecular weight is 397 g/mol. The quantitative estimate of drug-likeness (QED) is 0.599. The summed E-state index contributed by atoms with van der Waals surface area (Å²) in [5.74, 6) is 1.84. The van der Waals surface area contributed by atoms with Crippen molar-refractivity contribution in [1.29, 1.82) is 0 Å². The van der Waals surface area contributed by atoms with Crippen LogP contribution >= 0.6 is 0 Å². The monoisotopic (exact) mass is 396 g/mol. The zero-order valence-electron chi connectivity index (χ0n) is 17.4. The van der Waals surface area contributed by atoms with Crippen LogP contribution in [0.1, 0.15) is 31.7 Å². The summed E-state index contributed by atoms with van der Waals surface area (Å²) < 4.78 is 11.4. The summed E-state index contributed by atoms with van der Waals surface area (Å²) in [7, 11) is 0. The van der Waals surface area contributed by atoms with Crippen LogP contribution in [0.5, 0.6) is 11.5 Å². The standard InChI is InChI=1S/C24H32N2O3/c1-2-3-12-24(27)26(14-13-25-15-17-28-18-16-25)20-21-8-7-11-23(19-21)29-22-9-5-4-6-10-22/h4-11,19H,2-3,12-18,20H2,1H3. The first-order valence-electron chi connectivity index (χ1n) is 10.6. The third kappa shape index (κ3) is 7.18. The minimum absolute atomic E-state index is 0.231. The van der Waals surface area contributed by atoms with E-state index in [1.165, 1.54) is 0 Å². The highest BCUT2D eigenvalue weighted by molar-refractivity contribution is 5.76. The third-order valence-corrected chi connectivity index (χ3v) is 5.14. The van der Waals surface area contributed by atoms with Gasteiger partial charge in [-0.1, -0.05) is 43.7 Å². The largest absolute Gasteiger partial charge is 0.457 e. The number of para-hydroxylation sites is 1. The molecule has 1 amide bonds. The van der Waals surface area contributed by atoms with Crippen molar-refractivity contribution in [3.05, 3.63) is 60.2 Å². The Kier molecular flexibility index (Phi) is 8.53. The Morgan fingerprint density at radius 1 is 1.07 bits per heavy atom. The number of rotatable bonds is 10. The van der Waals surface area contributed by atoms with Crippen molar-refractivity contribution in [3.8, 4) is 11.5 Å². The SMILES string of the molecule is CCCCC(=O)N(CCN1CCOCC1)Cc1cccc(Oc2ccccc2)c1. The van der Waals surface area contributed by atoms with Gasteiger partial charge in [0.05, 0.1) is 13.2 Å². The summed E-state index contributed by atoms with van der Waals surface area (Å²) in [4.78, 5) is 17.2. The van der Waals surface area contributed by atoms with Gasteiger partial charge in [-0.3, -0.25) is 9.69 Å². The fourth-order valence-corrected chi connectivity index (χ4v) is 3.42. The van der Waals surface area contributed by atoms with Crippen molar-refractivity contribution in [2.24, 2.45) is 0 Å².